The Morgan fingerprint density at radius 2 is 2.24 bits per heavy atom. The number of oxime groups is 1. The van der Waals surface area contributed by atoms with E-state index < -0.39 is 0 Å². The lowest BCUT2D eigenvalue weighted by atomic mass is 10.1. The summed E-state index contributed by atoms with van der Waals surface area (Å²) in [5, 5.41) is 11.9. The smallest absolute Gasteiger partial charge is 0.170 e. The summed E-state index contributed by atoms with van der Waals surface area (Å²) < 4.78 is 5.45. The Morgan fingerprint density at radius 3 is 2.81 bits per heavy atom. The summed E-state index contributed by atoms with van der Waals surface area (Å²) in [7, 11) is 1.68. The Morgan fingerprint density at radius 1 is 1.48 bits per heavy atom. The van der Waals surface area contributed by atoms with Gasteiger partial charge in [-0.05, 0) is 44.0 Å². The van der Waals surface area contributed by atoms with Crippen molar-refractivity contribution >= 4 is 5.84 Å². The van der Waals surface area contributed by atoms with Crippen molar-refractivity contribution in [1.82, 2.24) is 4.90 Å². The van der Waals surface area contributed by atoms with Crippen molar-refractivity contribution in [3.8, 4) is 5.75 Å². The molecule has 1 aromatic rings. The topological polar surface area (TPSA) is 71.1 Å². The predicted octanol–water partition coefficient (Wildman–Crippen LogP) is 2.55. The number of methoxy groups -OCH3 is 1. The van der Waals surface area contributed by atoms with Gasteiger partial charge < -0.3 is 15.7 Å². The highest BCUT2D eigenvalue weighted by Gasteiger charge is 2.29. The van der Waals surface area contributed by atoms with E-state index >= 15 is 0 Å². The summed E-state index contributed by atoms with van der Waals surface area (Å²) in [6.07, 6.45) is 4.97. The molecule has 0 heterocycles. The number of amidine groups is 1. The van der Waals surface area contributed by atoms with Crippen LogP contribution in [0.4, 0.5) is 0 Å². The second-order valence-electron chi connectivity index (χ2n) is 5.57. The maximum atomic E-state index is 8.82. The molecule has 5 nitrogen and oxygen atoms in total. The molecule has 1 aromatic carbocycles. The maximum Gasteiger partial charge on any atom is 0.170 e. The highest BCUT2D eigenvalue weighted by Crippen LogP contribution is 2.31. The fourth-order valence-corrected chi connectivity index (χ4v) is 2.53. The first-order valence-electron chi connectivity index (χ1n) is 7.58. The van der Waals surface area contributed by atoms with Gasteiger partial charge in [-0.25, -0.2) is 0 Å². The number of hydrogen-bond donors (Lipinski definition) is 2. The van der Waals surface area contributed by atoms with Crippen LogP contribution in [0, 0.1) is 0 Å². The molecule has 0 radical (unpaired) electrons. The number of ether oxygens (including phenoxy) is 1. The van der Waals surface area contributed by atoms with Gasteiger partial charge in [0, 0.05) is 23.7 Å². The largest absolute Gasteiger partial charge is 0.496 e. The molecule has 0 bridgehead atoms. The fraction of sp³-hybridized carbons (Fsp3) is 0.562. The Kier molecular flexibility index (Phi) is 5.44. The van der Waals surface area contributed by atoms with Crippen molar-refractivity contribution in [3.05, 3.63) is 29.3 Å². The number of benzene rings is 1. The van der Waals surface area contributed by atoms with Crippen molar-refractivity contribution in [3.63, 3.8) is 0 Å². The quantitative estimate of drug-likeness (QED) is 0.334. The second kappa shape index (κ2) is 7.31. The third-order valence-electron chi connectivity index (χ3n) is 3.92. The molecule has 0 atom stereocenters. The molecule has 21 heavy (non-hydrogen) atoms. The summed E-state index contributed by atoms with van der Waals surface area (Å²) in [6.45, 7) is 4.17. The molecule has 2 rings (SSSR count). The van der Waals surface area contributed by atoms with E-state index in [1.807, 2.05) is 18.2 Å². The molecule has 0 aromatic heterocycles. The third kappa shape index (κ3) is 4.11. The molecule has 5 heteroatoms. The number of hydrogen-bond acceptors (Lipinski definition) is 4. The zero-order valence-corrected chi connectivity index (χ0v) is 12.9. The highest BCUT2D eigenvalue weighted by molar-refractivity contribution is 5.97. The van der Waals surface area contributed by atoms with Gasteiger partial charge in [-0.2, -0.15) is 0 Å². The van der Waals surface area contributed by atoms with Crippen LogP contribution in [0.3, 0.4) is 0 Å². The van der Waals surface area contributed by atoms with E-state index in [-0.39, 0.29) is 5.84 Å². The van der Waals surface area contributed by atoms with Gasteiger partial charge in [-0.3, -0.25) is 4.90 Å². The van der Waals surface area contributed by atoms with Crippen molar-refractivity contribution < 1.29 is 9.94 Å². The SMILES string of the molecule is CCCCN(Cc1cc(/C(N)=N/O)ccc1OC)C1CC1. The van der Waals surface area contributed by atoms with Crippen LogP contribution in [-0.2, 0) is 6.54 Å². The van der Waals surface area contributed by atoms with Gasteiger partial charge in [-0.15, -0.1) is 0 Å². The highest BCUT2D eigenvalue weighted by atomic mass is 16.5. The minimum atomic E-state index is 0.130. The number of unbranched alkanes of at least 4 members (excludes halogenated alkanes) is 1. The van der Waals surface area contributed by atoms with E-state index in [1.165, 1.54) is 25.7 Å². The van der Waals surface area contributed by atoms with Crippen LogP contribution in [0.5, 0.6) is 5.75 Å². The molecule has 3 N–H and O–H groups in total. The minimum absolute atomic E-state index is 0.130. The van der Waals surface area contributed by atoms with E-state index in [9.17, 15) is 0 Å². The third-order valence-corrected chi connectivity index (χ3v) is 3.92. The molecule has 0 aliphatic heterocycles. The van der Waals surface area contributed by atoms with Gasteiger partial charge in [0.15, 0.2) is 5.84 Å². The Hall–Kier alpha value is -1.75. The minimum Gasteiger partial charge on any atom is -0.496 e. The summed E-state index contributed by atoms with van der Waals surface area (Å²) in [5.74, 6) is 0.983. The Balaban J connectivity index is 2.19. The molecular weight excluding hydrogens is 266 g/mol. The molecule has 116 valence electrons. The monoisotopic (exact) mass is 291 g/mol. The molecular formula is C16H25N3O2. The van der Waals surface area contributed by atoms with E-state index in [0.717, 1.165) is 30.0 Å². The van der Waals surface area contributed by atoms with E-state index in [1.54, 1.807) is 7.11 Å². The molecule has 1 saturated carbocycles. The molecule has 0 amide bonds. The average molecular weight is 291 g/mol. The number of rotatable bonds is 8. The van der Waals surface area contributed by atoms with Crippen molar-refractivity contribution in [1.29, 1.82) is 0 Å². The predicted molar refractivity (Wildman–Crippen MR) is 83.8 cm³/mol. The molecule has 0 spiro atoms. The first-order chi connectivity index (χ1) is 10.2. The molecule has 0 unspecified atom stereocenters. The van der Waals surface area contributed by atoms with Gasteiger partial charge >= 0.3 is 0 Å². The van der Waals surface area contributed by atoms with Crippen LogP contribution in [0.25, 0.3) is 0 Å². The molecule has 1 fully saturated rings. The van der Waals surface area contributed by atoms with Crippen LogP contribution in [0.15, 0.2) is 23.4 Å². The Labute approximate surface area is 126 Å². The lowest BCUT2D eigenvalue weighted by Crippen LogP contribution is -2.27. The van der Waals surface area contributed by atoms with E-state index in [4.69, 9.17) is 15.7 Å². The van der Waals surface area contributed by atoms with Crippen molar-refractivity contribution in [2.75, 3.05) is 13.7 Å². The molecule has 0 saturated heterocycles. The first-order valence-corrected chi connectivity index (χ1v) is 7.58. The summed E-state index contributed by atoms with van der Waals surface area (Å²) in [5.41, 5.74) is 7.49. The van der Waals surface area contributed by atoms with Crippen LogP contribution >= 0.6 is 0 Å². The zero-order valence-electron chi connectivity index (χ0n) is 12.9. The van der Waals surface area contributed by atoms with Gasteiger partial charge in [0.1, 0.15) is 5.75 Å². The van der Waals surface area contributed by atoms with E-state index in [2.05, 4.69) is 17.0 Å². The van der Waals surface area contributed by atoms with Gasteiger partial charge in [-0.1, -0.05) is 18.5 Å². The average Bonchev–Trinajstić information content (AvgIpc) is 3.35. The Bertz CT molecular complexity index is 498. The summed E-state index contributed by atoms with van der Waals surface area (Å²) in [6, 6.07) is 6.35. The lowest BCUT2D eigenvalue weighted by molar-refractivity contribution is 0.246. The van der Waals surface area contributed by atoms with Gasteiger partial charge in [0.05, 0.1) is 7.11 Å². The normalized spacial score (nSPS) is 15.5. The van der Waals surface area contributed by atoms with Crippen LogP contribution in [0.1, 0.15) is 43.7 Å². The van der Waals surface area contributed by atoms with Crippen LogP contribution in [-0.4, -0.2) is 35.6 Å². The molecule has 1 aliphatic rings. The maximum absolute atomic E-state index is 8.82. The lowest BCUT2D eigenvalue weighted by Gasteiger charge is -2.23. The second-order valence-corrected chi connectivity index (χ2v) is 5.57. The summed E-state index contributed by atoms with van der Waals surface area (Å²) >= 11 is 0. The molecule has 1 aliphatic carbocycles. The first kappa shape index (κ1) is 15.6. The summed E-state index contributed by atoms with van der Waals surface area (Å²) in [4.78, 5) is 2.51. The number of nitrogens with zero attached hydrogens (tertiary/aromatic N) is 2. The zero-order chi connectivity index (χ0) is 15.2. The van der Waals surface area contributed by atoms with Gasteiger partial charge in [0.2, 0.25) is 0 Å². The fourth-order valence-electron chi connectivity index (χ4n) is 2.53. The van der Waals surface area contributed by atoms with E-state index in [0.29, 0.717) is 6.04 Å². The van der Waals surface area contributed by atoms with Crippen LogP contribution < -0.4 is 10.5 Å². The van der Waals surface area contributed by atoms with Crippen LogP contribution in [0.2, 0.25) is 0 Å². The van der Waals surface area contributed by atoms with Crippen molar-refractivity contribution in [2.24, 2.45) is 10.9 Å². The standard InChI is InChI=1S/C16H25N3O2/c1-3-4-9-19(14-6-7-14)11-13-10-12(16(17)18-20)5-8-15(13)21-2/h5,8,10,14,20H,3-4,6-7,9,11H2,1-2H3,(H2,17,18). The van der Waals surface area contributed by atoms with Gasteiger partial charge in [0.25, 0.3) is 0 Å². The van der Waals surface area contributed by atoms with Crippen molar-refractivity contribution in [2.45, 2.75) is 45.2 Å². The number of nitrogens with two attached hydrogens (primary N) is 1.